The Bertz CT molecular complexity index is 748. The third-order valence-corrected chi connectivity index (χ3v) is 4.96. The molecule has 4 heteroatoms. The van der Waals surface area contributed by atoms with E-state index in [0.717, 1.165) is 23.3 Å². The van der Waals surface area contributed by atoms with Gasteiger partial charge in [-0.1, -0.05) is 23.3 Å². The molecule has 2 rings (SSSR count). The van der Waals surface area contributed by atoms with Gasteiger partial charge < -0.3 is 14.6 Å². The van der Waals surface area contributed by atoms with Crippen molar-refractivity contribution < 1.29 is 19.4 Å². The summed E-state index contributed by atoms with van der Waals surface area (Å²) < 4.78 is 11.1. The second-order valence-electron chi connectivity index (χ2n) is 8.09. The number of carbonyl (C=O) groups excluding carboxylic acids is 1. The third kappa shape index (κ3) is 5.46. The fourth-order valence-corrected chi connectivity index (χ4v) is 3.30. The molecule has 27 heavy (non-hydrogen) atoms. The quantitative estimate of drug-likeness (QED) is 0.553. The highest BCUT2D eigenvalue weighted by atomic mass is 16.5. The minimum Gasteiger partial charge on any atom is -0.486 e. The maximum Gasteiger partial charge on any atom is 0.337 e. The molecule has 2 atom stereocenters. The largest absolute Gasteiger partial charge is 0.486 e. The summed E-state index contributed by atoms with van der Waals surface area (Å²) >= 11 is 0. The third-order valence-electron chi connectivity index (χ3n) is 4.96. The van der Waals surface area contributed by atoms with Gasteiger partial charge in [0.2, 0.25) is 0 Å². The van der Waals surface area contributed by atoms with Gasteiger partial charge in [0.1, 0.15) is 11.9 Å². The summed E-state index contributed by atoms with van der Waals surface area (Å²) in [7, 11) is 1.39. The summed E-state index contributed by atoms with van der Waals surface area (Å²) in [5.41, 5.74) is 3.95. The first-order valence-corrected chi connectivity index (χ1v) is 9.54. The number of methoxy groups -OCH3 is 1. The van der Waals surface area contributed by atoms with Gasteiger partial charge in [-0.3, -0.25) is 0 Å². The molecular weight excluding hydrogens is 340 g/mol. The minimum absolute atomic E-state index is 0.323. The molecule has 0 amide bonds. The van der Waals surface area contributed by atoms with Crippen molar-refractivity contribution in [3.05, 3.63) is 52.1 Å². The van der Waals surface area contributed by atoms with Gasteiger partial charge >= 0.3 is 5.97 Å². The molecule has 1 aliphatic rings. The lowest BCUT2D eigenvalue weighted by Crippen LogP contribution is -2.42. The molecule has 1 N–H and O–H groups in total. The van der Waals surface area contributed by atoms with Gasteiger partial charge in [0.25, 0.3) is 0 Å². The first kappa shape index (κ1) is 21.2. The van der Waals surface area contributed by atoms with Crippen LogP contribution >= 0.6 is 0 Å². The number of fused-ring (bicyclic) bond motifs is 1. The molecule has 0 bridgehead atoms. The van der Waals surface area contributed by atoms with E-state index in [4.69, 9.17) is 9.47 Å². The number of carbonyl (C=O) groups is 1. The molecule has 0 unspecified atom stereocenters. The predicted molar refractivity (Wildman–Crippen MR) is 108 cm³/mol. The summed E-state index contributed by atoms with van der Waals surface area (Å²) in [6.07, 6.45) is 6.63. The number of hydrogen-bond donors (Lipinski definition) is 1. The molecule has 1 heterocycles. The monoisotopic (exact) mass is 372 g/mol. The Kier molecular flexibility index (Phi) is 6.88. The topological polar surface area (TPSA) is 55.8 Å². The van der Waals surface area contributed by atoms with Crippen molar-refractivity contribution in [2.75, 3.05) is 7.11 Å². The van der Waals surface area contributed by atoms with E-state index >= 15 is 0 Å². The van der Waals surface area contributed by atoms with Crippen LogP contribution in [0.25, 0.3) is 0 Å². The Morgan fingerprint density at radius 1 is 1.26 bits per heavy atom. The SMILES string of the molecule is COC(=O)c1cc(CC=C(C)C)c2c(c1)C[C@@H]([C@@](C)(O)CCC=C(C)C)O2. The fraction of sp³-hybridized carbons (Fsp3) is 0.522. The van der Waals surface area contributed by atoms with Crippen LogP contribution in [-0.2, 0) is 17.6 Å². The van der Waals surface area contributed by atoms with E-state index in [9.17, 15) is 9.90 Å². The summed E-state index contributed by atoms with van der Waals surface area (Å²) in [4.78, 5) is 12.1. The van der Waals surface area contributed by atoms with E-state index in [1.54, 1.807) is 0 Å². The molecule has 4 nitrogen and oxygen atoms in total. The molecular formula is C23H32O4. The lowest BCUT2D eigenvalue weighted by atomic mass is 9.89. The average Bonchev–Trinajstić information content (AvgIpc) is 3.03. The molecule has 1 aromatic carbocycles. The second-order valence-corrected chi connectivity index (χ2v) is 8.09. The molecule has 148 valence electrons. The number of allylic oxidation sites excluding steroid dienone is 4. The van der Waals surface area contributed by atoms with Crippen LogP contribution in [0.2, 0.25) is 0 Å². The zero-order valence-corrected chi connectivity index (χ0v) is 17.4. The molecule has 0 spiro atoms. The van der Waals surface area contributed by atoms with Crippen LogP contribution in [-0.4, -0.2) is 29.9 Å². The zero-order chi connectivity index (χ0) is 20.2. The van der Waals surface area contributed by atoms with Crippen molar-refractivity contribution >= 4 is 5.97 Å². The summed E-state index contributed by atoms with van der Waals surface area (Å²) in [6.45, 7) is 10.0. The number of esters is 1. The highest BCUT2D eigenvalue weighted by Gasteiger charge is 2.39. The number of benzene rings is 1. The number of aliphatic hydroxyl groups is 1. The molecule has 0 aromatic heterocycles. The maximum atomic E-state index is 12.1. The van der Waals surface area contributed by atoms with Crippen molar-refractivity contribution in [3.63, 3.8) is 0 Å². The Labute approximate surface area is 162 Å². The first-order chi connectivity index (χ1) is 12.6. The van der Waals surface area contributed by atoms with Crippen LogP contribution in [0.1, 0.15) is 68.9 Å². The summed E-state index contributed by atoms with van der Waals surface area (Å²) in [6, 6.07) is 3.67. The lowest BCUT2D eigenvalue weighted by Gasteiger charge is -2.29. The van der Waals surface area contributed by atoms with Crippen LogP contribution in [0.3, 0.4) is 0 Å². The summed E-state index contributed by atoms with van der Waals surface area (Å²) in [5, 5.41) is 11.0. The summed E-state index contributed by atoms with van der Waals surface area (Å²) in [5.74, 6) is 0.447. The molecule has 1 aliphatic heterocycles. The Morgan fingerprint density at radius 3 is 2.52 bits per heavy atom. The van der Waals surface area contributed by atoms with E-state index in [1.165, 1.54) is 18.3 Å². The van der Waals surface area contributed by atoms with Gasteiger partial charge in [-0.2, -0.15) is 0 Å². The van der Waals surface area contributed by atoms with Gasteiger partial charge in [0.05, 0.1) is 18.3 Å². The minimum atomic E-state index is -0.940. The standard InChI is InChI=1S/C23H32O4/c1-15(2)8-7-11-23(5,25)20-14-18-13-19(22(24)26-6)12-17(21(18)27-20)10-9-16(3)4/h8-9,12-13,20,25H,7,10-11,14H2,1-6H3/t20-,23-/m0/s1. The van der Waals surface area contributed by atoms with Crippen LogP contribution < -0.4 is 4.74 Å². The molecule has 0 radical (unpaired) electrons. The van der Waals surface area contributed by atoms with Crippen LogP contribution in [0.4, 0.5) is 0 Å². The Hall–Kier alpha value is -2.07. The van der Waals surface area contributed by atoms with E-state index < -0.39 is 5.60 Å². The van der Waals surface area contributed by atoms with E-state index in [0.29, 0.717) is 24.8 Å². The normalized spacial score (nSPS) is 17.4. The first-order valence-electron chi connectivity index (χ1n) is 9.54. The molecule has 0 aliphatic carbocycles. The van der Waals surface area contributed by atoms with Crippen LogP contribution in [0, 0.1) is 0 Å². The highest BCUT2D eigenvalue weighted by Crippen LogP contribution is 2.39. The number of ether oxygens (including phenoxy) is 2. The smallest absolute Gasteiger partial charge is 0.337 e. The van der Waals surface area contributed by atoms with Crippen molar-refractivity contribution in [1.82, 2.24) is 0 Å². The van der Waals surface area contributed by atoms with Gasteiger partial charge in [0.15, 0.2) is 0 Å². The van der Waals surface area contributed by atoms with Crippen LogP contribution in [0.5, 0.6) is 5.75 Å². The fourth-order valence-electron chi connectivity index (χ4n) is 3.30. The van der Waals surface area contributed by atoms with Crippen molar-refractivity contribution in [3.8, 4) is 5.75 Å². The molecule has 0 saturated heterocycles. The highest BCUT2D eigenvalue weighted by molar-refractivity contribution is 5.90. The van der Waals surface area contributed by atoms with E-state index in [2.05, 4.69) is 26.0 Å². The molecule has 0 saturated carbocycles. The van der Waals surface area contributed by atoms with Crippen molar-refractivity contribution in [2.45, 2.75) is 72.0 Å². The predicted octanol–water partition coefficient (Wildman–Crippen LogP) is 4.78. The Balaban J connectivity index is 2.29. The van der Waals surface area contributed by atoms with Crippen LogP contribution in [0.15, 0.2) is 35.4 Å². The van der Waals surface area contributed by atoms with E-state index in [-0.39, 0.29) is 12.1 Å². The zero-order valence-electron chi connectivity index (χ0n) is 17.4. The Morgan fingerprint density at radius 2 is 1.93 bits per heavy atom. The van der Waals surface area contributed by atoms with Gasteiger partial charge in [0, 0.05) is 6.42 Å². The second kappa shape index (κ2) is 8.75. The van der Waals surface area contributed by atoms with Gasteiger partial charge in [-0.15, -0.1) is 0 Å². The lowest BCUT2D eigenvalue weighted by molar-refractivity contribution is -0.0435. The van der Waals surface area contributed by atoms with E-state index in [1.807, 2.05) is 32.9 Å². The molecule has 1 aromatic rings. The van der Waals surface area contributed by atoms with Gasteiger partial charge in [-0.05, 0) is 77.1 Å². The van der Waals surface area contributed by atoms with Crippen molar-refractivity contribution in [2.24, 2.45) is 0 Å². The van der Waals surface area contributed by atoms with Crippen molar-refractivity contribution in [1.29, 1.82) is 0 Å². The maximum absolute atomic E-state index is 12.1. The average molecular weight is 373 g/mol. The molecule has 0 fully saturated rings. The number of hydrogen-bond acceptors (Lipinski definition) is 4. The number of rotatable bonds is 7. The van der Waals surface area contributed by atoms with Gasteiger partial charge in [-0.25, -0.2) is 4.79 Å².